The van der Waals surface area contributed by atoms with E-state index < -0.39 is 5.67 Å². The first kappa shape index (κ1) is 15.0. The zero-order valence-corrected chi connectivity index (χ0v) is 13.0. The smallest absolute Gasteiger partial charge is 0.119 e. The van der Waals surface area contributed by atoms with Gasteiger partial charge in [0.25, 0.3) is 0 Å². The molecular formula is C19H25F. The van der Waals surface area contributed by atoms with Crippen LogP contribution in [-0.4, -0.2) is 5.67 Å². The molecule has 1 fully saturated rings. The standard InChI is InChI=1S/C19H25F/c1-5-16-13-19(4,20)18(17(16)6-2)11-10-15-9-7-8-14(3)12-15/h5-9,12,18H,10-11,13H2,1-4H3/b16-5-,17-6+. The van der Waals surface area contributed by atoms with E-state index in [1.54, 1.807) is 6.92 Å². The summed E-state index contributed by atoms with van der Waals surface area (Å²) in [6.07, 6.45) is 6.55. The van der Waals surface area contributed by atoms with E-state index in [-0.39, 0.29) is 5.92 Å². The van der Waals surface area contributed by atoms with E-state index in [9.17, 15) is 4.39 Å². The Labute approximate surface area is 122 Å². The Hall–Kier alpha value is -1.37. The molecule has 0 N–H and O–H groups in total. The predicted molar refractivity (Wildman–Crippen MR) is 84.6 cm³/mol. The molecule has 0 saturated heterocycles. The summed E-state index contributed by atoms with van der Waals surface area (Å²) in [5.74, 6) is 0.0270. The van der Waals surface area contributed by atoms with Gasteiger partial charge in [-0.1, -0.05) is 42.0 Å². The highest BCUT2D eigenvalue weighted by Crippen LogP contribution is 2.48. The molecule has 1 saturated carbocycles. The van der Waals surface area contributed by atoms with Crippen LogP contribution < -0.4 is 0 Å². The Morgan fingerprint density at radius 1 is 1.30 bits per heavy atom. The summed E-state index contributed by atoms with van der Waals surface area (Å²) in [5.41, 5.74) is 3.88. The van der Waals surface area contributed by atoms with E-state index in [4.69, 9.17) is 0 Å². The summed E-state index contributed by atoms with van der Waals surface area (Å²) in [5, 5.41) is 0. The van der Waals surface area contributed by atoms with Gasteiger partial charge < -0.3 is 0 Å². The summed E-state index contributed by atoms with van der Waals surface area (Å²) in [7, 11) is 0. The third-order valence-corrected chi connectivity index (χ3v) is 4.47. The van der Waals surface area contributed by atoms with Gasteiger partial charge in [-0.3, -0.25) is 0 Å². The SMILES string of the molecule is C/C=C1/CC(C)(F)C(CCc2cccc(C)c2)/C1=C/C. The van der Waals surface area contributed by atoms with Crippen LogP contribution in [0.15, 0.2) is 47.6 Å². The van der Waals surface area contributed by atoms with Crippen LogP contribution in [0.4, 0.5) is 4.39 Å². The molecule has 0 bridgehead atoms. The number of halogens is 1. The predicted octanol–water partition coefficient (Wildman–Crippen LogP) is 5.57. The molecule has 0 radical (unpaired) electrons. The summed E-state index contributed by atoms with van der Waals surface area (Å²) < 4.78 is 14.9. The van der Waals surface area contributed by atoms with Gasteiger partial charge in [0.15, 0.2) is 0 Å². The lowest BCUT2D eigenvalue weighted by molar-refractivity contribution is 0.142. The minimum absolute atomic E-state index is 0.0270. The number of aryl methyl sites for hydroxylation is 2. The van der Waals surface area contributed by atoms with Crippen molar-refractivity contribution in [2.45, 2.75) is 52.6 Å². The van der Waals surface area contributed by atoms with Crippen LogP contribution in [0.3, 0.4) is 0 Å². The summed E-state index contributed by atoms with van der Waals surface area (Å²) in [6.45, 7) is 7.90. The van der Waals surface area contributed by atoms with E-state index in [2.05, 4.69) is 43.3 Å². The molecule has 2 atom stereocenters. The number of rotatable bonds is 3. The Morgan fingerprint density at radius 3 is 2.65 bits per heavy atom. The van der Waals surface area contributed by atoms with Gasteiger partial charge in [-0.2, -0.15) is 0 Å². The van der Waals surface area contributed by atoms with Gasteiger partial charge in [0.2, 0.25) is 0 Å². The molecule has 1 aliphatic rings. The fourth-order valence-corrected chi connectivity index (χ4v) is 3.44. The number of alkyl halides is 1. The largest absolute Gasteiger partial charge is 0.243 e. The Bertz CT molecular complexity index is 534. The monoisotopic (exact) mass is 272 g/mol. The van der Waals surface area contributed by atoms with Crippen LogP contribution in [0.5, 0.6) is 0 Å². The molecule has 2 rings (SSSR count). The highest BCUT2D eigenvalue weighted by Gasteiger charge is 2.43. The van der Waals surface area contributed by atoms with Gasteiger partial charge in [0.05, 0.1) is 0 Å². The van der Waals surface area contributed by atoms with Crippen LogP contribution >= 0.6 is 0 Å². The third kappa shape index (κ3) is 3.03. The van der Waals surface area contributed by atoms with Crippen molar-refractivity contribution in [2.24, 2.45) is 5.92 Å². The zero-order chi connectivity index (χ0) is 14.8. The van der Waals surface area contributed by atoms with Gasteiger partial charge in [0.1, 0.15) is 5.67 Å². The van der Waals surface area contributed by atoms with Crippen molar-refractivity contribution in [3.8, 4) is 0 Å². The highest BCUT2D eigenvalue weighted by molar-refractivity contribution is 5.41. The lowest BCUT2D eigenvalue weighted by Crippen LogP contribution is -2.24. The van der Waals surface area contributed by atoms with E-state index >= 15 is 0 Å². The molecule has 1 aromatic rings. The van der Waals surface area contributed by atoms with Crippen molar-refractivity contribution >= 4 is 0 Å². The third-order valence-electron chi connectivity index (χ3n) is 4.47. The maximum Gasteiger partial charge on any atom is 0.119 e. The summed E-state index contributed by atoms with van der Waals surface area (Å²) in [6, 6.07) is 8.54. The van der Waals surface area contributed by atoms with Gasteiger partial charge in [-0.05, 0) is 57.2 Å². The van der Waals surface area contributed by atoms with Crippen LogP contribution in [-0.2, 0) is 6.42 Å². The molecule has 0 aromatic heterocycles. The van der Waals surface area contributed by atoms with Crippen molar-refractivity contribution in [3.63, 3.8) is 0 Å². The maximum atomic E-state index is 14.9. The molecule has 0 aliphatic heterocycles. The molecule has 1 aromatic carbocycles. The molecule has 0 amide bonds. The topological polar surface area (TPSA) is 0 Å². The zero-order valence-electron chi connectivity index (χ0n) is 13.0. The molecule has 0 nitrogen and oxygen atoms in total. The van der Waals surface area contributed by atoms with Gasteiger partial charge in [0, 0.05) is 12.3 Å². The molecule has 0 heterocycles. The number of hydrogen-bond acceptors (Lipinski definition) is 0. The average molecular weight is 272 g/mol. The first-order valence-corrected chi connectivity index (χ1v) is 7.54. The highest BCUT2D eigenvalue weighted by atomic mass is 19.1. The molecule has 1 heteroatoms. The van der Waals surface area contributed by atoms with Crippen molar-refractivity contribution in [2.75, 3.05) is 0 Å². The second kappa shape index (κ2) is 5.95. The lowest BCUT2D eigenvalue weighted by Gasteiger charge is -2.23. The molecular weight excluding hydrogens is 247 g/mol. The normalized spacial score (nSPS) is 30.4. The van der Waals surface area contributed by atoms with Gasteiger partial charge in [-0.25, -0.2) is 4.39 Å². The van der Waals surface area contributed by atoms with Crippen molar-refractivity contribution < 1.29 is 4.39 Å². The van der Waals surface area contributed by atoms with Gasteiger partial charge >= 0.3 is 0 Å². The number of hydrogen-bond donors (Lipinski definition) is 0. The number of allylic oxidation sites excluding steroid dienone is 4. The molecule has 2 unspecified atom stereocenters. The fraction of sp³-hybridized carbons (Fsp3) is 0.474. The van der Waals surface area contributed by atoms with Crippen LogP contribution in [0.25, 0.3) is 0 Å². The maximum absolute atomic E-state index is 14.9. The second-order valence-corrected chi connectivity index (χ2v) is 6.09. The first-order chi connectivity index (χ1) is 9.47. The van der Waals surface area contributed by atoms with E-state index in [0.29, 0.717) is 6.42 Å². The Morgan fingerprint density at radius 2 is 2.05 bits per heavy atom. The lowest BCUT2D eigenvalue weighted by atomic mass is 9.86. The molecule has 108 valence electrons. The minimum Gasteiger partial charge on any atom is -0.243 e. The first-order valence-electron chi connectivity index (χ1n) is 7.54. The van der Waals surface area contributed by atoms with Crippen molar-refractivity contribution in [1.82, 2.24) is 0 Å². The van der Waals surface area contributed by atoms with E-state index in [0.717, 1.165) is 12.8 Å². The van der Waals surface area contributed by atoms with Gasteiger partial charge in [-0.15, -0.1) is 0 Å². The Balaban J connectivity index is 2.15. The average Bonchev–Trinajstić information content (AvgIpc) is 2.66. The minimum atomic E-state index is -1.10. The fourth-order valence-electron chi connectivity index (χ4n) is 3.44. The van der Waals surface area contributed by atoms with E-state index in [1.165, 1.54) is 22.3 Å². The summed E-state index contributed by atoms with van der Waals surface area (Å²) in [4.78, 5) is 0. The number of benzene rings is 1. The second-order valence-electron chi connectivity index (χ2n) is 6.09. The van der Waals surface area contributed by atoms with Crippen molar-refractivity contribution in [1.29, 1.82) is 0 Å². The van der Waals surface area contributed by atoms with Crippen LogP contribution in [0, 0.1) is 12.8 Å². The molecule has 20 heavy (non-hydrogen) atoms. The van der Waals surface area contributed by atoms with Crippen LogP contribution in [0.2, 0.25) is 0 Å². The quantitative estimate of drug-likeness (QED) is 0.675. The molecule has 1 aliphatic carbocycles. The molecule has 0 spiro atoms. The summed E-state index contributed by atoms with van der Waals surface area (Å²) >= 11 is 0. The van der Waals surface area contributed by atoms with Crippen LogP contribution in [0.1, 0.15) is 44.7 Å². The van der Waals surface area contributed by atoms with E-state index in [1.807, 2.05) is 13.8 Å². The Kier molecular flexibility index (Phi) is 4.47. The van der Waals surface area contributed by atoms with Crippen molar-refractivity contribution in [3.05, 3.63) is 58.7 Å².